The normalized spacial score (nSPS) is 16.6. The van der Waals surface area contributed by atoms with Crippen molar-refractivity contribution in [3.8, 4) is 5.75 Å². The van der Waals surface area contributed by atoms with Gasteiger partial charge >= 0.3 is 5.97 Å². The van der Waals surface area contributed by atoms with Crippen molar-refractivity contribution in [2.24, 2.45) is 5.92 Å². The van der Waals surface area contributed by atoms with Crippen molar-refractivity contribution in [1.82, 2.24) is 20.9 Å². The van der Waals surface area contributed by atoms with Gasteiger partial charge in [-0.25, -0.2) is 4.79 Å². The lowest BCUT2D eigenvalue weighted by Crippen LogP contribution is -2.47. The molecule has 30 heavy (non-hydrogen) atoms. The van der Waals surface area contributed by atoms with Gasteiger partial charge in [0.1, 0.15) is 17.5 Å². The summed E-state index contributed by atoms with van der Waals surface area (Å²) in [6.07, 6.45) is 0.725. The maximum atomic E-state index is 12.4. The number of benzene rings is 1. The second-order valence-corrected chi connectivity index (χ2v) is 6.94. The Labute approximate surface area is 172 Å². The van der Waals surface area contributed by atoms with E-state index in [9.17, 15) is 19.2 Å². The van der Waals surface area contributed by atoms with Gasteiger partial charge in [0.2, 0.25) is 11.8 Å². The highest BCUT2D eigenvalue weighted by molar-refractivity contribution is 6.01. The van der Waals surface area contributed by atoms with E-state index in [1.165, 1.54) is 7.11 Å². The van der Waals surface area contributed by atoms with Crippen LogP contribution in [0.4, 0.5) is 0 Å². The molecule has 1 fully saturated rings. The summed E-state index contributed by atoms with van der Waals surface area (Å²) in [4.78, 5) is 51.4. The summed E-state index contributed by atoms with van der Waals surface area (Å²) in [6.45, 7) is 0.201. The smallest absolute Gasteiger partial charge is 0.328 e. The Morgan fingerprint density at radius 1 is 1.27 bits per heavy atom. The zero-order chi connectivity index (χ0) is 21.7. The molecule has 0 radical (unpaired) electrons. The molecule has 4 N–H and O–H groups in total. The van der Waals surface area contributed by atoms with Crippen molar-refractivity contribution < 1.29 is 28.7 Å². The summed E-state index contributed by atoms with van der Waals surface area (Å²) in [7, 11) is 2.75. The molecule has 10 nitrogen and oxygen atoms in total. The fourth-order valence-electron chi connectivity index (χ4n) is 3.44. The summed E-state index contributed by atoms with van der Waals surface area (Å²) in [5.74, 6) is -1.58. The lowest BCUT2D eigenvalue weighted by atomic mass is 9.98. The lowest BCUT2D eigenvalue weighted by Gasteiger charge is -2.18. The third-order valence-corrected chi connectivity index (χ3v) is 5.00. The van der Waals surface area contributed by atoms with Gasteiger partial charge in [0.15, 0.2) is 0 Å². The minimum Gasteiger partial charge on any atom is -0.496 e. The van der Waals surface area contributed by atoms with Crippen LogP contribution >= 0.6 is 0 Å². The largest absolute Gasteiger partial charge is 0.496 e. The van der Waals surface area contributed by atoms with Crippen LogP contribution in [0.25, 0.3) is 10.9 Å². The predicted molar refractivity (Wildman–Crippen MR) is 107 cm³/mol. The number of fused-ring (bicyclic) bond motifs is 1. The molecule has 3 rings (SSSR count). The Kier molecular flexibility index (Phi) is 6.55. The number of hydrogen-bond donors (Lipinski definition) is 4. The van der Waals surface area contributed by atoms with Crippen LogP contribution in [0, 0.1) is 5.92 Å². The number of carbonyl (C=O) groups is 4. The molecule has 0 bridgehead atoms. The molecule has 1 aromatic heterocycles. The van der Waals surface area contributed by atoms with E-state index in [-0.39, 0.29) is 30.5 Å². The first-order valence-electron chi connectivity index (χ1n) is 9.51. The Bertz CT molecular complexity index is 969. The van der Waals surface area contributed by atoms with E-state index in [1.54, 1.807) is 25.3 Å². The van der Waals surface area contributed by atoms with Crippen molar-refractivity contribution in [2.75, 3.05) is 27.3 Å². The van der Waals surface area contributed by atoms with Gasteiger partial charge < -0.3 is 30.4 Å². The minimum absolute atomic E-state index is 0.139. The molecule has 1 aliphatic rings. The standard InChI is InChI=1S/C20H24N4O6/c1-29-16-5-3-4-13-12(16)9-14(23-13)19(27)22-10-17(25)24-15(20(28)30-2)8-11-6-7-21-18(11)26/h3-5,9,11,15,23H,6-8,10H2,1-2H3,(H,21,26)(H,22,27)(H,24,25)/t11-,15-/m0/s1. The van der Waals surface area contributed by atoms with Crippen molar-refractivity contribution in [1.29, 1.82) is 0 Å². The summed E-state index contributed by atoms with van der Waals surface area (Å²) in [5.41, 5.74) is 0.999. The molecule has 160 valence electrons. The van der Waals surface area contributed by atoms with Gasteiger partial charge in [-0.1, -0.05) is 6.07 Å². The molecular weight excluding hydrogens is 392 g/mol. The van der Waals surface area contributed by atoms with Crippen molar-refractivity contribution in [3.63, 3.8) is 0 Å². The van der Waals surface area contributed by atoms with E-state index in [2.05, 4.69) is 20.9 Å². The average Bonchev–Trinajstić information content (AvgIpc) is 3.36. The lowest BCUT2D eigenvalue weighted by molar-refractivity contribution is -0.145. The highest BCUT2D eigenvalue weighted by atomic mass is 16.5. The molecule has 1 aromatic carbocycles. The Morgan fingerprint density at radius 3 is 2.73 bits per heavy atom. The SMILES string of the molecule is COC(=O)[C@H](C[C@@H]1CCNC1=O)NC(=O)CNC(=O)c1cc2c(OC)cccc2[nH]1. The molecule has 0 spiro atoms. The molecular formula is C20H24N4O6. The van der Waals surface area contributed by atoms with Crippen LogP contribution in [-0.2, 0) is 19.1 Å². The number of methoxy groups -OCH3 is 2. The number of hydrogen-bond acceptors (Lipinski definition) is 6. The first kappa shape index (κ1) is 21.2. The van der Waals surface area contributed by atoms with Gasteiger partial charge in [-0.15, -0.1) is 0 Å². The number of rotatable bonds is 8. The predicted octanol–water partition coefficient (Wildman–Crippen LogP) is 0.0903. The van der Waals surface area contributed by atoms with Crippen molar-refractivity contribution in [3.05, 3.63) is 30.0 Å². The zero-order valence-electron chi connectivity index (χ0n) is 16.7. The topological polar surface area (TPSA) is 139 Å². The second-order valence-electron chi connectivity index (χ2n) is 6.94. The fraction of sp³-hybridized carbons (Fsp3) is 0.400. The molecule has 3 amide bonds. The first-order valence-corrected chi connectivity index (χ1v) is 9.51. The van der Waals surface area contributed by atoms with Gasteiger partial charge in [0.05, 0.1) is 20.8 Å². The van der Waals surface area contributed by atoms with Gasteiger partial charge in [0, 0.05) is 23.4 Å². The number of esters is 1. The number of H-pyrrole nitrogens is 1. The van der Waals surface area contributed by atoms with E-state index >= 15 is 0 Å². The highest BCUT2D eigenvalue weighted by Gasteiger charge is 2.31. The molecule has 0 saturated carbocycles. The molecule has 1 aliphatic heterocycles. The van der Waals surface area contributed by atoms with Gasteiger partial charge in [-0.3, -0.25) is 14.4 Å². The monoisotopic (exact) mass is 416 g/mol. The molecule has 10 heteroatoms. The molecule has 0 unspecified atom stereocenters. The third kappa shape index (κ3) is 4.70. The van der Waals surface area contributed by atoms with Crippen LogP contribution in [0.2, 0.25) is 0 Å². The Morgan fingerprint density at radius 2 is 2.07 bits per heavy atom. The molecule has 2 aromatic rings. The van der Waals surface area contributed by atoms with Crippen LogP contribution in [0.5, 0.6) is 5.75 Å². The quantitative estimate of drug-likeness (QED) is 0.450. The van der Waals surface area contributed by atoms with Crippen molar-refractivity contribution in [2.45, 2.75) is 18.9 Å². The highest BCUT2D eigenvalue weighted by Crippen LogP contribution is 2.25. The fourth-order valence-corrected chi connectivity index (χ4v) is 3.44. The minimum atomic E-state index is -0.967. The number of aromatic amines is 1. The molecule has 1 saturated heterocycles. The van der Waals surface area contributed by atoms with E-state index in [4.69, 9.17) is 9.47 Å². The van der Waals surface area contributed by atoms with E-state index < -0.39 is 23.8 Å². The van der Waals surface area contributed by atoms with E-state index in [0.29, 0.717) is 18.7 Å². The Hall–Kier alpha value is -3.56. The second kappa shape index (κ2) is 9.29. The van der Waals surface area contributed by atoms with Crippen molar-refractivity contribution >= 4 is 34.6 Å². The van der Waals surface area contributed by atoms with Crippen LogP contribution in [0.15, 0.2) is 24.3 Å². The summed E-state index contributed by atoms with van der Waals surface area (Å²) in [6, 6.07) is 6.05. The molecule has 0 aliphatic carbocycles. The van der Waals surface area contributed by atoms with Gasteiger partial charge in [0.25, 0.3) is 5.91 Å². The Balaban J connectivity index is 1.58. The first-order chi connectivity index (χ1) is 14.4. The zero-order valence-corrected chi connectivity index (χ0v) is 16.7. The van der Waals surface area contributed by atoms with Crippen LogP contribution < -0.4 is 20.7 Å². The van der Waals surface area contributed by atoms with Crippen LogP contribution in [-0.4, -0.2) is 62.0 Å². The van der Waals surface area contributed by atoms with E-state index in [1.807, 2.05) is 6.07 Å². The summed E-state index contributed by atoms with van der Waals surface area (Å²) in [5, 5.41) is 8.47. The maximum absolute atomic E-state index is 12.4. The van der Waals surface area contributed by atoms with Gasteiger partial charge in [-0.2, -0.15) is 0 Å². The number of amides is 3. The molecule has 2 atom stereocenters. The van der Waals surface area contributed by atoms with E-state index in [0.717, 1.165) is 10.9 Å². The van der Waals surface area contributed by atoms with Crippen LogP contribution in [0.3, 0.4) is 0 Å². The third-order valence-electron chi connectivity index (χ3n) is 5.00. The maximum Gasteiger partial charge on any atom is 0.328 e. The van der Waals surface area contributed by atoms with Crippen LogP contribution in [0.1, 0.15) is 23.3 Å². The average molecular weight is 416 g/mol. The number of carbonyl (C=O) groups excluding carboxylic acids is 4. The summed E-state index contributed by atoms with van der Waals surface area (Å²) >= 11 is 0. The number of ether oxygens (including phenoxy) is 2. The number of aromatic nitrogens is 1. The molecule has 2 heterocycles. The number of nitrogens with one attached hydrogen (secondary N) is 4. The van der Waals surface area contributed by atoms with Gasteiger partial charge in [-0.05, 0) is 31.0 Å². The summed E-state index contributed by atoms with van der Waals surface area (Å²) < 4.78 is 9.99.